The molecule has 1 N–H and O–H groups in total. The zero-order valence-electron chi connectivity index (χ0n) is 6.97. The molecule has 2 nitrogen and oxygen atoms in total. The summed E-state index contributed by atoms with van der Waals surface area (Å²) in [5, 5.41) is 9.21. The quantitative estimate of drug-likeness (QED) is 0.685. The summed E-state index contributed by atoms with van der Waals surface area (Å²) in [6, 6.07) is 9.49. The van der Waals surface area contributed by atoms with Crippen LogP contribution in [0.3, 0.4) is 0 Å². The molecule has 2 atom stereocenters. The van der Waals surface area contributed by atoms with E-state index < -0.39 is 6.10 Å². The maximum atomic E-state index is 10.3. The second-order valence-corrected chi connectivity index (χ2v) is 2.83. The van der Waals surface area contributed by atoms with Gasteiger partial charge >= 0.3 is 0 Å². The van der Waals surface area contributed by atoms with Gasteiger partial charge in [-0.2, -0.15) is 0 Å². The molecule has 0 heterocycles. The van der Waals surface area contributed by atoms with Gasteiger partial charge in [0.1, 0.15) is 12.4 Å². The summed E-state index contributed by atoms with van der Waals surface area (Å²) < 4.78 is 0. The first-order valence-electron chi connectivity index (χ1n) is 3.94. The smallest absolute Gasteiger partial charge is 0.149 e. The van der Waals surface area contributed by atoms with E-state index >= 15 is 0 Å². The third kappa shape index (κ3) is 1.92. The number of aliphatic hydroxyl groups is 1. The highest BCUT2D eigenvalue weighted by Crippen LogP contribution is 2.17. The zero-order chi connectivity index (χ0) is 8.97. The van der Waals surface area contributed by atoms with Crippen molar-refractivity contribution in [3.63, 3.8) is 0 Å². The van der Waals surface area contributed by atoms with Gasteiger partial charge in [0.05, 0.1) is 0 Å². The monoisotopic (exact) mass is 164 g/mol. The highest BCUT2D eigenvalue weighted by atomic mass is 16.3. The third-order valence-corrected chi connectivity index (χ3v) is 1.98. The van der Waals surface area contributed by atoms with E-state index in [1.54, 1.807) is 0 Å². The van der Waals surface area contributed by atoms with Crippen molar-refractivity contribution >= 4 is 6.29 Å². The van der Waals surface area contributed by atoms with Gasteiger partial charge in [0, 0.05) is 5.92 Å². The van der Waals surface area contributed by atoms with Crippen molar-refractivity contribution < 1.29 is 9.90 Å². The van der Waals surface area contributed by atoms with E-state index in [1.807, 2.05) is 37.3 Å². The summed E-state index contributed by atoms with van der Waals surface area (Å²) in [4.78, 5) is 10.3. The van der Waals surface area contributed by atoms with Crippen molar-refractivity contribution in [2.45, 2.75) is 18.9 Å². The number of hydrogen-bond donors (Lipinski definition) is 1. The van der Waals surface area contributed by atoms with Crippen LogP contribution in [0, 0.1) is 0 Å². The Labute approximate surface area is 71.8 Å². The molecule has 0 aliphatic carbocycles. The van der Waals surface area contributed by atoms with Gasteiger partial charge < -0.3 is 9.90 Å². The maximum absolute atomic E-state index is 10.3. The summed E-state index contributed by atoms with van der Waals surface area (Å²) in [6.07, 6.45) is -0.329. The maximum Gasteiger partial charge on any atom is 0.149 e. The second kappa shape index (κ2) is 4.02. The standard InChI is InChI=1S/C10H12O2/c1-8(10(12)7-11)9-5-3-2-4-6-9/h2-8,10,12H,1H3. The Morgan fingerprint density at radius 2 is 1.92 bits per heavy atom. The van der Waals surface area contributed by atoms with Crippen LogP contribution < -0.4 is 0 Å². The molecule has 0 aliphatic heterocycles. The van der Waals surface area contributed by atoms with Crippen LogP contribution in [-0.2, 0) is 4.79 Å². The lowest BCUT2D eigenvalue weighted by Gasteiger charge is -2.12. The summed E-state index contributed by atoms with van der Waals surface area (Å²) in [5.74, 6) is -0.122. The minimum atomic E-state index is -0.896. The molecule has 1 rings (SSSR count). The van der Waals surface area contributed by atoms with Crippen molar-refractivity contribution in [3.05, 3.63) is 35.9 Å². The van der Waals surface area contributed by atoms with Gasteiger partial charge in [-0.1, -0.05) is 37.3 Å². The Kier molecular flexibility index (Phi) is 3.00. The predicted molar refractivity (Wildman–Crippen MR) is 46.9 cm³/mol. The molecule has 12 heavy (non-hydrogen) atoms. The molecule has 1 aromatic carbocycles. The summed E-state index contributed by atoms with van der Waals surface area (Å²) in [7, 11) is 0. The van der Waals surface area contributed by atoms with Crippen LogP contribution in [0.15, 0.2) is 30.3 Å². The van der Waals surface area contributed by atoms with E-state index in [1.165, 1.54) is 0 Å². The minimum Gasteiger partial charge on any atom is -0.385 e. The van der Waals surface area contributed by atoms with Crippen molar-refractivity contribution in [1.29, 1.82) is 0 Å². The van der Waals surface area contributed by atoms with E-state index in [2.05, 4.69) is 0 Å². The molecule has 2 unspecified atom stereocenters. The Balaban J connectivity index is 2.78. The van der Waals surface area contributed by atoms with Crippen molar-refractivity contribution in [2.24, 2.45) is 0 Å². The predicted octanol–water partition coefficient (Wildman–Crippen LogP) is 1.35. The fourth-order valence-corrected chi connectivity index (χ4v) is 1.07. The van der Waals surface area contributed by atoms with Crippen LogP contribution in [0.25, 0.3) is 0 Å². The summed E-state index contributed by atoms with van der Waals surface area (Å²) >= 11 is 0. The number of carbonyl (C=O) groups excluding carboxylic acids is 1. The molecule has 0 fully saturated rings. The third-order valence-electron chi connectivity index (χ3n) is 1.98. The van der Waals surface area contributed by atoms with Gasteiger partial charge in [-0.15, -0.1) is 0 Å². The van der Waals surface area contributed by atoms with E-state index in [0.29, 0.717) is 6.29 Å². The summed E-state index contributed by atoms with van der Waals surface area (Å²) in [6.45, 7) is 1.83. The summed E-state index contributed by atoms with van der Waals surface area (Å²) in [5.41, 5.74) is 0.983. The molecular formula is C10H12O2. The van der Waals surface area contributed by atoms with Crippen molar-refractivity contribution in [1.82, 2.24) is 0 Å². The number of hydrogen-bond acceptors (Lipinski definition) is 2. The fraction of sp³-hybridized carbons (Fsp3) is 0.300. The van der Waals surface area contributed by atoms with Crippen molar-refractivity contribution in [3.8, 4) is 0 Å². The average molecular weight is 164 g/mol. The lowest BCUT2D eigenvalue weighted by molar-refractivity contribution is -0.115. The number of rotatable bonds is 3. The lowest BCUT2D eigenvalue weighted by Crippen LogP contribution is -2.16. The Bertz CT molecular complexity index is 243. The molecule has 1 aromatic rings. The van der Waals surface area contributed by atoms with E-state index in [4.69, 9.17) is 0 Å². The normalized spacial score (nSPS) is 15.2. The largest absolute Gasteiger partial charge is 0.385 e. The van der Waals surface area contributed by atoms with Crippen LogP contribution in [0.5, 0.6) is 0 Å². The second-order valence-electron chi connectivity index (χ2n) is 2.83. The molecule has 0 spiro atoms. The molecule has 0 amide bonds. The van der Waals surface area contributed by atoms with Gasteiger partial charge in [-0.3, -0.25) is 0 Å². The average Bonchev–Trinajstić information content (AvgIpc) is 2.17. The first-order valence-corrected chi connectivity index (χ1v) is 3.94. The van der Waals surface area contributed by atoms with Crippen LogP contribution in [0.4, 0.5) is 0 Å². The van der Waals surface area contributed by atoms with Crippen LogP contribution >= 0.6 is 0 Å². The fourth-order valence-electron chi connectivity index (χ4n) is 1.07. The first-order chi connectivity index (χ1) is 5.75. The highest BCUT2D eigenvalue weighted by Gasteiger charge is 2.13. The molecule has 0 aromatic heterocycles. The molecular weight excluding hydrogens is 152 g/mol. The zero-order valence-corrected chi connectivity index (χ0v) is 6.97. The van der Waals surface area contributed by atoms with Crippen LogP contribution in [0.1, 0.15) is 18.4 Å². The topological polar surface area (TPSA) is 37.3 Å². The first kappa shape index (κ1) is 8.94. The van der Waals surface area contributed by atoms with E-state index in [-0.39, 0.29) is 5.92 Å². The molecule has 2 heteroatoms. The number of aliphatic hydroxyl groups excluding tert-OH is 1. The van der Waals surface area contributed by atoms with E-state index in [0.717, 1.165) is 5.56 Å². The number of carbonyl (C=O) groups is 1. The van der Waals surface area contributed by atoms with Gasteiger partial charge in [0.15, 0.2) is 0 Å². The Morgan fingerprint density at radius 1 is 1.33 bits per heavy atom. The minimum absolute atomic E-state index is 0.122. The molecule has 0 radical (unpaired) electrons. The van der Waals surface area contributed by atoms with Gasteiger partial charge in [-0.25, -0.2) is 0 Å². The molecule has 0 bridgehead atoms. The Hall–Kier alpha value is -1.15. The SMILES string of the molecule is CC(c1ccccc1)C(O)C=O. The molecule has 0 saturated heterocycles. The van der Waals surface area contributed by atoms with E-state index in [9.17, 15) is 9.90 Å². The van der Waals surface area contributed by atoms with Gasteiger partial charge in [-0.05, 0) is 5.56 Å². The van der Waals surface area contributed by atoms with Crippen molar-refractivity contribution in [2.75, 3.05) is 0 Å². The van der Waals surface area contributed by atoms with Crippen LogP contribution in [-0.4, -0.2) is 17.5 Å². The van der Waals surface area contributed by atoms with Crippen LogP contribution in [0.2, 0.25) is 0 Å². The molecule has 64 valence electrons. The highest BCUT2D eigenvalue weighted by molar-refractivity contribution is 5.57. The molecule has 0 saturated carbocycles. The van der Waals surface area contributed by atoms with Gasteiger partial charge in [0.25, 0.3) is 0 Å². The lowest BCUT2D eigenvalue weighted by atomic mass is 9.96. The Morgan fingerprint density at radius 3 is 2.42 bits per heavy atom. The molecule has 0 aliphatic rings. The number of benzene rings is 1. The van der Waals surface area contributed by atoms with Gasteiger partial charge in [0.2, 0.25) is 0 Å². The number of aldehydes is 1.